The molecule has 0 amide bonds. The number of ether oxygens (including phenoxy) is 3. The molecule has 40 heavy (non-hydrogen) atoms. The van der Waals surface area contributed by atoms with Crippen LogP contribution in [0, 0.1) is 17.2 Å². The normalized spacial score (nSPS) is 16.8. The van der Waals surface area contributed by atoms with Crippen LogP contribution in [0.1, 0.15) is 75.7 Å². The maximum absolute atomic E-state index is 14.9. The molecule has 2 heterocycles. The van der Waals surface area contributed by atoms with Crippen LogP contribution in [-0.2, 0) is 16.1 Å². The standard InChI is InChI=1S/C32H36FN3O4/c1-5-39-29(37)16-24(20-11-12-20)21-8-6-9-23(14-21)40-19-22-17-35-30(25-15-28(38-4)34-18-27(25)33)31(36-22)26-10-7-13-32(26,2)3/h6,8-10,14-15,17-18,20,24H,5,7,11-13,16,19H2,1-4H3. The van der Waals surface area contributed by atoms with E-state index in [-0.39, 0.29) is 23.9 Å². The minimum Gasteiger partial charge on any atom is -0.487 e. The summed E-state index contributed by atoms with van der Waals surface area (Å²) in [6, 6.07) is 9.47. The van der Waals surface area contributed by atoms with Gasteiger partial charge in [-0.1, -0.05) is 32.1 Å². The second kappa shape index (κ2) is 11.7. The predicted molar refractivity (Wildman–Crippen MR) is 150 cm³/mol. The van der Waals surface area contributed by atoms with Gasteiger partial charge >= 0.3 is 5.97 Å². The SMILES string of the molecule is CCOC(=O)CC(c1cccc(OCc2cnc(-c3cc(OC)ncc3F)c(C3=CCCC3(C)C)n2)c1)C1CC1. The lowest BCUT2D eigenvalue weighted by Crippen LogP contribution is -2.14. The lowest BCUT2D eigenvalue weighted by molar-refractivity contribution is -0.143. The van der Waals surface area contributed by atoms with Gasteiger partial charge < -0.3 is 14.2 Å². The Bertz CT molecular complexity index is 1420. The Morgan fingerprint density at radius 1 is 1.15 bits per heavy atom. The zero-order chi connectivity index (χ0) is 28.3. The van der Waals surface area contributed by atoms with E-state index in [0.717, 1.165) is 43.0 Å². The van der Waals surface area contributed by atoms with Gasteiger partial charge in [0.15, 0.2) is 5.82 Å². The summed E-state index contributed by atoms with van der Waals surface area (Å²) in [6.45, 7) is 6.75. The van der Waals surface area contributed by atoms with Gasteiger partial charge in [-0.05, 0) is 73.1 Å². The number of pyridine rings is 1. The van der Waals surface area contributed by atoms with Crippen LogP contribution in [0.25, 0.3) is 16.8 Å². The molecule has 0 aliphatic heterocycles. The van der Waals surface area contributed by atoms with E-state index in [2.05, 4.69) is 29.9 Å². The molecular weight excluding hydrogens is 509 g/mol. The van der Waals surface area contributed by atoms with Crippen molar-refractivity contribution >= 4 is 11.5 Å². The summed E-state index contributed by atoms with van der Waals surface area (Å²) >= 11 is 0. The van der Waals surface area contributed by atoms with E-state index in [0.29, 0.717) is 53.2 Å². The van der Waals surface area contributed by atoms with Crippen LogP contribution >= 0.6 is 0 Å². The van der Waals surface area contributed by atoms with Gasteiger partial charge in [0, 0.05) is 11.6 Å². The molecule has 0 spiro atoms. The molecule has 2 aromatic heterocycles. The molecule has 1 atom stereocenters. The molecule has 1 fully saturated rings. The zero-order valence-electron chi connectivity index (χ0n) is 23.6. The first-order chi connectivity index (χ1) is 19.3. The van der Waals surface area contributed by atoms with Crippen molar-refractivity contribution in [2.75, 3.05) is 13.7 Å². The van der Waals surface area contributed by atoms with Crippen molar-refractivity contribution in [1.82, 2.24) is 15.0 Å². The highest BCUT2D eigenvalue weighted by atomic mass is 19.1. The van der Waals surface area contributed by atoms with Crippen LogP contribution < -0.4 is 9.47 Å². The molecule has 1 unspecified atom stereocenters. The van der Waals surface area contributed by atoms with Crippen LogP contribution in [0.3, 0.4) is 0 Å². The molecule has 0 saturated heterocycles. The summed E-state index contributed by atoms with van der Waals surface area (Å²) in [7, 11) is 1.50. The van der Waals surface area contributed by atoms with E-state index in [9.17, 15) is 9.18 Å². The summed E-state index contributed by atoms with van der Waals surface area (Å²) in [5, 5.41) is 0. The Morgan fingerprint density at radius 2 is 1.98 bits per heavy atom. The molecule has 3 aromatic rings. The number of benzene rings is 1. The van der Waals surface area contributed by atoms with Gasteiger partial charge in [0.2, 0.25) is 5.88 Å². The van der Waals surface area contributed by atoms with Gasteiger partial charge in [0.25, 0.3) is 0 Å². The summed E-state index contributed by atoms with van der Waals surface area (Å²) in [6.07, 6.45) is 9.46. The van der Waals surface area contributed by atoms with E-state index in [4.69, 9.17) is 19.2 Å². The Morgan fingerprint density at radius 3 is 2.67 bits per heavy atom. The molecule has 2 aliphatic rings. The number of hydrogen-bond donors (Lipinski definition) is 0. The van der Waals surface area contributed by atoms with Gasteiger partial charge in [-0.3, -0.25) is 9.78 Å². The van der Waals surface area contributed by atoms with Crippen LogP contribution in [0.2, 0.25) is 0 Å². The van der Waals surface area contributed by atoms with Crippen molar-refractivity contribution < 1.29 is 23.4 Å². The molecular formula is C32H36FN3O4. The summed E-state index contributed by atoms with van der Waals surface area (Å²) < 4.78 is 31.6. The Hall–Kier alpha value is -3.81. The van der Waals surface area contributed by atoms with Gasteiger partial charge in [-0.2, -0.15) is 0 Å². The fourth-order valence-corrected chi connectivity index (χ4v) is 5.45. The molecule has 0 radical (unpaired) electrons. The quantitative estimate of drug-likeness (QED) is 0.242. The molecule has 0 bridgehead atoms. The number of allylic oxidation sites excluding steroid dienone is 2. The van der Waals surface area contributed by atoms with Gasteiger partial charge in [0.05, 0.1) is 49.6 Å². The highest BCUT2D eigenvalue weighted by Gasteiger charge is 2.35. The van der Waals surface area contributed by atoms with Crippen LogP contribution in [0.5, 0.6) is 11.6 Å². The Balaban J connectivity index is 1.41. The third kappa shape index (κ3) is 6.16. The largest absolute Gasteiger partial charge is 0.487 e. The number of carbonyl (C=O) groups is 1. The number of hydrogen-bond acceptors (Lipinski definition) is 7. The van der Waals surface area contributed by atoms with Crippen LogP contribution in [0.15, 0.2) is 48.8 Å². The first-order valence-corrected chi connectivity index (χ1v) is 13.9. The summed E-state index contributed by atoms with van der Waals surface area (Å²) in [5.41, 5.74) is 4.03. The summed E-state index contributed by atoms with van der Waals surface area (Å²) in [5.74, 6) is 0.976. The highest BCUT2D eigenvalue weighted by molar-refractivity contribution is 5.80. The molecule has 7 nitrogen and oxygen atoms in total. The smallest absolute Gasteiger partial charge is 0.306 e. The number of aromatic nitrogens is 3. The molecule has 0 N–H and O–H groups in total. The van der Waals surface area contributed by atoms with Crippen LogP contribution in [-0.4, -0.2) is 34.6 Å². The third-order valence-corrected chi connectivity index (χ3v) is 7.77. The molecule has 210 valence electrons. The minimum absolute atomic E-state index is 0.122. The van der Waals surface area contributed by atoms with E-state index >= 15 is 0 Å². The van der Waals surface area contributed by atoms with Crippen LogP contribution in [0.4, 0.5) is 4.39 Å². The lowest BCUT2D eigenvalue weighted by Gasteiger charge is -2.24. The molecule has 2 aliphatic carbocycles. The maximum atomic E-state index is 14.9. The molecule has 1 saturated carbocycles. The van der Waals surface area contributed by atoms with Crippen molar-refractivity contribution in [3.63, 3.8) is 0 Å². The number of methoxy groups -OCH3 is 1. The molecule has 8 heteroatoms. The van der Waals surface area contributed by atoms with Gasteiger partial charge in [-0.25, -0.2) is 14.4 Å². The molecule has 1 aromatic carbocycles. The Labute approximate surface area is 234 Å². The van der Waals surface area contributed by atoms with Gasteiger partial charge in [0.1, 0.15) is 12.4 Å². The Kier molecular flexibility index (Phi) is 8.14. The van der Waals surface area contributed by atoms with E-state index in [1.165, 1.54) is 7.11 Å². The van der Waals surface area contributed by atoms with Gasteiger partial charge in [-0.15, -0.1) is 0 Å². The number of esters is 1. The second-order valence-corrected chi connectivity index (χ2v) is 11.1. The zero-order valence-corrected chi connectivity index (χ0v) is 23.6. The second-order valence-electron chi connectivity index (χ2n) is 11.1. The fraction of sp³-hybridized carbons (Fsp3) is 0.438. The highest BCUT2D eigenvalue weighted by Crippen LogP contribution is 2.47. The number of carbonyl (C=O) groups excluding carboxylic acids is 1. The topological polar surface area (TPSA) is 83.4 Å². The first kappa shape index (κ1) is 27.7. The average Bonchev–Trinajstić information content (AvgIpc) is 3.73. The number of rotatable bonds is 11. The van der Waals surface area contributed by atoms with Crippen molar-refractivity contribution in [3.8, 4) is 22.9 Å². The summed E-state index contributed by atoms with van der Waals surface area (Å²) in [4.78, 5) is 25.8. The minimum atomic E-state index is -0.485. The third-order valence-electron chi connectivity index (χ3n) is 7.77. The van der Waals surface area contributed by atoms with E-state index < -0.39 is 5.82 Å². The fourth-order valence-electron chi connectivity index (χ4n) is 5.45. The van der Waals surface area contributed by atoms with E-state index in [1.54, 1.807) is 12.3 Å². The average molecular weight is 546 g/mol. The van der Waals surface area contributed by atoms with Crippen molar-refractivity contribution in [3.05, 3.63) is 71.6 Å². The van der Waals surface area contributed by atoms with Crippen molar-refractivity contribution in [2.45, 2.75) is 65.4 Å². The maximum Gasteiger partial charge on any atom is 0.306 e. The monoisotopic (exact) mass is 545 g/mol. The molecule has 5 rings (SSSR count). The first-order valence-electron chi connectivity index (χ1n) is 13.9. The van der Waals surface area contributed by atoms with Crippen molar-refractivity contribution in [1.29, 1.82) is 0 Å². The predicted octanol–water partition coefficient (Wildman–Crippen LogP) is 6.92. The van der Waals surface area contributed by atoms with E-state index in [1.807, 2.05) is 31.2 Å². The number of halogens is 1. The van der Waals surface area contributed by atoms with Crippen molar-refractivity contribution in [2.24, 2.45) is 11.3 Å². The number of nitrogens with zero attached hydrogens (tertiary/aromatic N) is 3. The lowest BCUT2D eigenvalue weighted by atomic mass is 9.83.